The van der Waals surface area contributed by atoms with Gasteiger partial charge in [-0.3, -0.25) is 4.90 Å². The van der Waals surface area contributed by atoms with Gasteiger partial charge in [0.05, 0.1) is 11.7 Å². The zero-order valence-electron chi connectivity index (χ0n) is 13.9. The molecular weight excluding hydrogens is 321 g/mol. The van der Waals surface area contributed by atoms with Crippen LogP contribution < -0.4 is 4.90 Å². The Morgan fingerprint density at radius 3 is 2.46 bits per heavy atom. The van der Waals surface area contributed by atoms with Crippen LogP contribution in [0.25, 0.3) is 0 Å². The summed E-state index contributed by atoms with van der Waals surface area (Å²) in [6.07, 6.45) is -3.57. The highest BCUT2D eigenvalue weighted by molar-refractivity contribution is 5.92. The Balaban J connectivity index is 2.22. The molecule has 0 radical (unpaired) electrons. The Kier molecular flexibility index (Phi) is 5.74. The first-order valence-corrected chi connectivity index (χ1v) is 8.10. The number of aliphatic hydroxyl groups is 1. The molecule has 0 bridgehead atoms. The van der Waals surface area contributed by atoms with Crippen molar-refractivity contribution in [3.63, 3.8) is 0 Å². The molecule has 0 aromatic heterocycles. The average molecular weight is 344 g/mol. The van der Waals surface area contributed by atoms with E-state index in [1.54, 1.807) is 4.90 Å². The van der Waals surface area contributed by atoms with Crippen molar-refractivity contribution in [1.29, 1.82) is 0 Å². The molecular formula is C17H23F3N2O2. The fraction of sp³-hybridized carbons (Fsp3) is 0.588. The molecule has 1 unspecified atom stereocenters. The van der Waals surface area contributed by atoms with Crippen LogP contribution >= 0.6 is 0 Å². The lowest BCUT2D eigenvalue weighted by Gasteiger charge is -2.35. The number of likely N-dealkylation sites (tertiary alicyclic amines) is 1. The molecule has 24 heavy (non-hydrogen) atoms. The van der Waals surface area contributed by atoms with Crippen molar-refractivity contribution in [1.82, 2.24) is 4.90 Å². The van der Waals surface area contributed by atoms with Crippen molar-refractivity contribution < 1.29 is 23.1 Å². The molecule has 2 rings (SSSR count). The van der Waals surface area contributed by atoms with Gasteiger partial charge >= 0.3 is 12.2 Å². The molecule has 134 valence electrons. The van der Waals surface area contributed by atoms with E-state index in [1.807, 2.05) is 13.8 Å². The predicted octanol–water partition coefficient (Wildman–Crippen LogP) is 3.74. The van der Waals surface area contributed by atoms with Crippen LogP contribution in [0.1, 0.15) is 32.3 Å². The molecule has 0 saturated carbocycles. The fourth-order valence-electron chi connectivity index (χ4n) is 2.79. The molecule has 1 N–H and O–H groups in total. The lowest BCUT2D eigenvalue weighted by atomic mass is 10.1. The van der Waals surface area contributed by atoms with Gasteiger partial charge in [-0.25, -0.2) is 4.79 Å². The highest BCUT2D eigenvalue weighted by Crippen LogP contribution is 2.31. The number of β-amino-alcohol motifs (C(OH)–C–C–N with tert-alkyl or cyclic N) is 1. The number of rotatable bonds is 3. The van der Waals surface area contributed by atoms with Gasteiger partial charge in [0.15, 0.2) is 0 Å². The maximum atomic E-state index is 12.8. The summed E-state index contributed by atoms with van der Waals surface area (Å²) < 4.78 is 38.1. The molecule has 0 aliphatic carbocycles. The van der Waals surface area contributed by atoms with Gasteiger partial charge in [0.1, 0.15) is 0 Å². The summed E-state index contributed by atoms with van der Waals surface area (Å²) in [6, 6.07) is 4.34. The van der Waals surface area contributed by atoms with Crippen LogP contribution in [-0.2, 0) is 6.18 Å². The van der Waals surface area contributed by atoms with Gasteiger partial charge in [0.2, 0.25) is 0 Å². The van der Waals surface area contributed by atoms with Crippen LogP contribution in [0, 0.1) is 5.92 Å². The number of hydrogen-bond donors (Lipinski definition) is 1. The van der Waals surface area contributed by atoms with Gasteiger partial charge in [-0.2, -0.15) is 13.2 Å². The third-order valence-corrected chi connectivity index (χ3v) is 3.95. The number of amides is 2. The third kappa shape index (κ3) is 4.63. The number of hydrogen-bond acceptors (Lipinski definition) is 2. The van der Waals surface area contributed by atoms with E-state index in [0.717, 1.165) is 18.6 Å². The zero-order valence-corrected chi connectivity index (χ0v) is 13.9. The number of nitrogens with zero attached hydrogens (tertiary/aromatic N) is 2. The SMILES string of the molecule is CC(C)CN(C(=O)N1CCCC(O)C1)c1ccc(C(F)(F)F)cc1. The summed E-state index contributed by atoms with van der Waals surface area (Å²) in [5.41, 5.74) is -0.307. The van der Waals surface area contributed by atoms with E-state index >= 15 is 0 Å². The predicted molar refractivity (Wildman–Crippen MR) is 85.8 cm³/mol. The lowest BCUT2D eigenvalue weighted by molar-refractivity contribution is -0.137. The van der Waals surface area contributed by atoms with E-state index in [4.69, 9.17) is 0 Å². The summed E-state index contributed by atoms with van der Waals surface area (Å²) in [5.74, 6) is 0.158. The lowest BCUT2D eigenvalue weighted by Crippen LogP contribution is -2.50. The first-order chi connectivity index (χ1) is 11.2. The number of alkyl halides is 3. The van der Waals surface area contributed by atoms with Gasteiger partial charge in [-0.15, -0.1) is 0 Å². The zero-order chi connectivity index (χ0) is 17.9. The summed E-state index contributed by atoms with van der Waals surface area (Å²) in [5, 5.41) is 9.75. The van der Waals surface area contributed by atoms with Gasteiger partial charge in [-0.05, 0) is 43.0 Å². The van der Waals surface area contributed by atoms with E-state index < -0.39 is 17.8 Å². The monoisotopic (exact) mass is 344 g/mol. The molecule has 7 heteroatoms. The minimum atomic E-state index is -4.40. The van der Waals surface area contributed by atoms with Crippen LogP contribution in [0.3, 0.4) is 0 Å². The Morgan fingerprint density at radius 1 is 1.33 bits per heavy atom. The smallest absolute Gasteiger partial charge is 0.391 e. The molecule has 1 saturated heterocycles. The van der Waals surface area contributed by atoms with Crippen LogP contribution in [0.2, 0.25) is 0 Å². The Bertz CT molecular complexity index is 558. The van der Waals surface area contributed by atoms with Gasteiger partial charge in [0.25, 0.3) is 0 Å². The maximum Gasteiger partial charge on any atom is 0.416 e. The van der Waals surface area contributed by atoms with Crippen molar-refractivity contribution in [2.45, 2.75) is 39.0 Å². The molecule has 1 aliphatic rings. The third-order valence-electron chi connectivity index (χ3n) is 3.95. The van der Waals surface area contributed by atoms with Crippen LogP contribution in [0.5, 0.6) is 0 Å². The van der Waals surface area contributed by atoms with Crippen molar-refractivity contribution in [2.75, 3.05) is 24.5 Å². The Morgan fingerprint density at radius 2 is 1.96 bits per heavy atom. The molecule has 2 amide bonds. The van der Waals surface area contributed by atoms with Crippen LogP contribution in [0.15, 0.2) is 24.3 Å². The molecule has 1 aromatic carbocycles. The Labute approximate surface area is 139 Å². The quantitative estimate of drug-likeness (QED) is 0.908. The van der Waals surface area contributed by atoms with Crippen LogP contribution in [-0.4, -0.2) is 41.8 Å². The fourth-order valence-corrected chi connectivity index (χ4v) is 2.79. The molecule has 1 fully saturated rings. The topological polar surface area (TPSA) is 43.8 Å². The van der Waals surface area contributed by atoms with E-state index in [2.05, 4.69) is 0 Å². The highest BCUT2D eigenvalue weighted by Gasteiger charge is 2.31. The van der Waals surface area contributed by atoms with Crippen LogP contribution in [0.4, 0.5) is 23.7 Å². The standard InChI is InChI=1S/C17H23F3N2O2/c1-12(2)10-22(16(24)21-9-3-4-15(23)11-21)14-7-5-13(6-8-14)17(18,19)20/h5-8,12,15,23H,3-4,9-11H2,1-2H3. The first-order valence-electron chi connectivity index (χ1n) is 8.10. The number of halogens is 3. The number of anilines is 1. The number of carbonyl (C=O) groups excluding carboxylic acids is 1. The second kappa shape index (κ2) is 7.42. The largest absolute Gasteiger partial charge is 0.416 e. The molecule has 0 spiro atoms. The molecule has 1 atom stereocenters. The molecule has 1 heterocycles. The second-order valence-electron chi connectivity index (χ2n) is 6.57. The maximum absolute atomic E-state index is 12.8. The van der Waals surface area contributed by atoms with Crippen molar-refractivity contribution in [3.05, 3.63) is 29.8 Å². The average Bonchev–Trinajstić information content (AvgIpc) is 2.51. The minimum Gasteiger partial charge on any atom is -0.391 e. The molecule has 1 aliphatic heterocycles. The number of carbonyl (C=O) groups is 1. The van der Waals surface area contributed by atoms with Gasteiger partial charge < -0.3 is 10.0 Å². The number of urea groups is 1. The van der Waals surface area contributed by atoms with E-state index in [9.17, 15) is 23.1 Å². The van der Waals surface area contributed by atoms with Crippen molar-refractivity contribution in [2.24, 2.45) is 5.92 Å². The highest BCUT2D eigenvalue weighted by atomic mass is 19.4. The molecule has 1 aromatic rings. The van der Waals surface area contributed by atoms with Crippen molar-refractivity contribution in [3.8, 4) is 0 Å². The summed E-state index contributed by atoms with van der Waals surface area (Å²) >= 11 is 0. The van der Waals surface area contributed by atoms with E-state index in [0.29, 0.717) is 25.2 Å². The van der Waals surface area contributed by atoms with Gasteiger partial charge in [-0.1, -0.05) is 13.8 Å². The van der Waals surface area contributed by atoms with Crippen molar-refractivity contribution >= 4 is 11.7 Å². The summed E-state index contributed by atoms with van der Waals surface area (Å²) in [6.45, 7) is 5.08. The first kappa shape index (κ1) is 18.6. The van der Waals surface area contributed by atoms with Gasteiger partial charge in [0, 0.05) is 25.3 Å². The van der Waals surface area contributed by atoms with E-state index in [-0.39, 0.29) is 18.5 Å². The number of piperidine rings is 1. The second-order valence-corrected chi connectivity index (χ2v) is 6.57. The van der Waals surface area contributed by atoms with E-state index in [1.165, 1.54) is 17.0 Å². The summed E-state index contributed by atoms with van der Waals surface area (Å²) in [7, 11) is 0. The Hall–Kier alpha value is -1.76. The number of benzene rings is 1. The summed E-state index contributed by atoms with van der Waals surface area (Å²) in [4.78, 5) is 15.8. The number of aliphatic hydroxyl groups excluding tert-OH is 1. The minimum absolute atomic E-state index is 0.158. The normalized spacial score (nSPS) is 18.8. The molecule has 4 nitrogen and oxygen atoms in total.